The van der Waals surface area contributed by atoms with Gasteiger partial charge in [0.2, 0.25) is 5.91 Å². The van der Waals surface area contributed by atoms with Crippen LogP contribution in [0.4, 0.5) is 0 Å². The van der Waals surface area contributed by atoms with Crippen LogP contribution < -0.4 is 5.32 Å². The first kappa shape index (κ1) is 15.4. The Hall–Kier alpha value is -1.68. The van der Waals surface area contributed by atoms with E-state index in [0.717, 1.165) is 18.7 Å². The van der Waals surface area contributed by atoms with Crippen LogP contribution in [0.15, 0.2) is 37.1 Å². The number of carbonyl (C=O) groups excluding carboxylic acids is 1. The lowest BCUT2D eigenvalue weighted by molar-refractivity contribution is -0.121. The van der Waals surface area contributed by atoms with Crippen molar-refractivity contribution in [2.75, 3.05) is 20.1 Å². The maximum Gasteiger partial charge on any atom is 0.221 e. The zero-order valence-electron chi connectivity index (χ0n) is 11.8. The average molecular weight is 261 g/mol. The minimum atomic E-state index is 0.0665. The van der Waals surface area contributed by atoms with Crippen LogP contribution in [0.25, 0.3) is 0 Å². The normalized spacial score (nSPS) is 12.2. The molecule has 19 heavy (non-hydrogen) atoms. The molecule has 4 heteroatoms. The average Bonchev–Trinajstić information content (AvgIpc) is 2.43. The summed E-state index contributed by atoms with van der Waals surface area (Å²) in [5, 5.41) is 2.78. The molecule has 0 bridgehead atoms. The molecule has 1 aromatic heterocycles. The minimum Gasteiger partial charge on any atom is -0.353 e. The van der Waals surface area contributed by atoms with E-state index in [9.17, 15) is 4.79 Å². The van der Waals surface area contributed by atoms with Crippen LogP contribution in [-0.4, -0.2) is 42.0 Å². The molecule has 1 N–H and O–H groups in total. The van der Waals surface area contributed by atoms with Gasteiger partial charge in [0, 0.05) is 43.9 Å². The van der Waals surface area contributed by atoms with Gasteiger partial charge in [0.25, 0.3) is 0 Å². The number of hydrogen-bond acceptors (Lipinski definition) is 3. The molecule has 0 fully saturated rings. The SMILES string of the molecule is C=CCNC(=O)CCN(C)[C@H](C)Cc1ccccn1. The summed E-state index contributed by atoms with van der Waals surface area (Å²) >= 11 is 0. The summed E-state index contributed by atoms with van der Waals surface area (Å²) in [5.41, 5.74) is 1.08. The number of pyridine rings is 1. The first-order valence-corrected chi connectivity index (χ1v) is 6.61. The van der Waals surface area contributed by atoms with E-state index in [1.807, 2.05) is 31.4 Å². The van der Waals surface area contributed by atoms with Crippen LogP contribution in [0.1, 0.15) is 19.0 Å². The molecule has 0 aromatic carbocycles. The van der Waals surface area contributed by atoms with E-state index in [1.165, 1.54) is 0 Å². The van der Waals surface area contributed by atoms with Crippen molar-refractivity contribution in [3.8, 4) is 0 Å². The lowest BCUT2D eigenvalue weighted by atomic mass is 10.1. The Morgan fingerprint density at radius 2 is 2.37 bits per heavy atom. The monoisotopic (exact) mass is 261 g/mol. The van der Waals surface area contributed by atoms with E-state index in [0.29, 0.717) is 19.0 Å². The maximum atomic E-state index is 11.5. The second kappa shape index (κ2) is 8.43. The van der Waals surface area contributed by atoms with Gasteiger partial charge in [0.05, 0.1) is 0 Å². The predicted octanol–water partition coefficient (Wildman–Crippen LogP) is 1.64. The maximum absolute atomic E-state index is 11.5. The zero-order valence-corrected chi connectivity index (χ0v) is 11.8. The molecule has 0 aliphatic carbocycles. The molecule has 0 aliphatic heterocycles. The summed E-state index contributed by atoms with van der Waals surface area (Å²) in [5.74, 6) is 0.0665. The second-order valence-corrected chi connectivity index (χ2v) is 4.70. The third-order valence-electron chi connectivity index (χ3n) is 3.12. The fourth-order valence-electron chi connectivity index (χ4n) is 1.75. The van der Waals surface area contributed by atoms with Crippen molar-refractivity contribution in [2.45, 2.75) is 25.8 Å². The highest BCUT2D eigenvalue weighted by Crippen LogP contribution is 2.05. The Labute approximate surface area is 115 Å². The smallest absolute Gasteiger partial charge is 0.221 e. The van der Waals surface area contributed by atoms with Crippen molar-refractivity contribution in [1.29, 1.82) is 0 Å². The summed E-state index contributed by atoms with van der Waals surface area (Å²) in [6.07, 6.45) is 4.90. The minimum absolute atomic E-state index is 0.0665. The van der Waals surface area contributed by atoms with E-state index in [1.54, 1.807) is 6.08 Å². The van der Waals surface area contributed by atoms with Crippen molar-refractivity contribution in [1.82, 2.24) is 15.2 Å². The fourth-order valence-corrected chi connectivity index (χ4v) is 1.75. The van der Waals surface area contributed by atoms with Crippen LogP contribution >= 0.6 is 0 Å². The van der Waals surface area contributed by atoms with Gasteiger partial charge >= 0.3 is 0 Å². The van der Waals surface area contributed by atoms with E-state index < -0.39 is 0 Å². The van der Waals surface area contributed by atoms with E-state index in [4.69, 9.17) is 0 Å². The molecule has 0 saturated heterocycles. The van der Waals surface area contributed by atoms with Gasteiger partial charge in [-0.25, -0.2) is 0 Å². The third-order valence-corrected chi connectivity index (χ3v) is 3.12. The van der Waals surface area contributed by atoms with Crippen molar-refractivity contribution in [3.63, 3.8) is 0 Å². The highest BCUT2D eigenvalue weighted by molar-refractivity contribution is 5.76. The number of rotatable bonds is 8. The second-order valence-electron chi connectivity index (χ2n) is 4.70. The Kier molecular flexibility index (Phi) is 6.82. The third kappa shape index (κ3) is 6.15. The van der Waals surface area contributed by atoms with Crippen molar-refractivity contribution >= 4 is 5.91 Å². The van der Waals surface area contributed by atoms with Crippen molar-refractivity contribution in [3.05, 3.63) is 42.7 Å². The van der Waals surface area contributed by atoms with Gasteiger partial charge in [0.1, 0.15) is 0 Å². The molecule has 4 nitrogen and oxygen atoms in total. The highest BCUT2D eigenvalue weighted by Gasteiger charge is 2.11. The van der Waals surface area contributed by atoms with Crippen molar-refractivity contribution in [2.24, 2.45) is 0 Å². The van der Waals surface area contributed by atoms with Gasteiger partial charge < -0.3 is 10.2 Å². The molecule has 0 saturated carbocycles. The Bertz CT molecular complexity index is 392. The summed E-state index contributed by atoms with van der Waals surface area (Å²) in [6, 6.07) is 6.31. The van der Waals surface area contributed by atoms with E-state index >= 15 is 0 Å². The van der Waals surface area contributed by atoms with Gasteiger partial charge in [-0.2, -0.15) is 0 Å². The van der Waals surface area contributed by atoms with E-state index in [2.05, 4.69) is 28.7 Å². The number of nitrogens with zero attached hydrogens (tertiary/aromatic N) is 2. The molecule has 0 radical (unpaired) electrons. The Morgan fingerprint density at radius 3 is 3.00 bits per heavy atom. The molecule has 1 heterocycles. The van der Waals surface area contributed by atoms with Gasteiger partial charge in [-0.15, -0.1) is 6.58 Å². The van der Waals surface area contributed by atoms with Crippen molar-refractivity contribution < 1.29 is 4.79 Å². The highest BCUT2D eigenvalue weighted by atomic mass is 16.1. The van der Waals surface area contributed by atoms with Gasteiger partial charge in [-0.05, 0) is 26.1 Å². The Balaban J connectivity index is 2.30. The largest absolute Gasteiger partial charge is 0.353 e. The summed E-state index contributed by atoms with van der Waals surface area (Å²) in [7, 11) is 2.04. The van der Waals surface area contributed by atoms with Gasteiger partial charge in [-0.3, -0.25) is 9.78 Å². The number of likely N-dealkylation sites (N-methyl/N-ethyl adjacent to an activating group) is 1. The first-order chi connectivity index (χ1) is 9.13. The van der Waals surface area contributed by atoms with Crippen LogP contribution in [-0.2, 0) is 11.2 Å². The fraction of sp³-hybridized carbons (Fsp3) is 0.467. The zero-order chi connectivity index (χ0) is 14.1. The number of hydrogen-bond donors (Lipinski definition) is 1. The van der Waals surface area contributed by atoms with Gasteiger partial charge in [-0.1, -0.05) is 12.1 Å². The lowest BCUT2D eigenvalue weighted by Gasteiger charge is -2.24. The molecular formula is C15H23N3O. The molecule has 0 spiro atoms. The molecule has 1 atom stereocenters. The molecular weight excluding hydrogens is 238 g/mol. The van der Waals surface area contributed by atoms with Crippen LogP contribution in [0.3, 0.4) is 0 Å². The quantitative estimate of drug-likeness (QED) is 0.724. The Morgan fingerprint density at radius 1 is 1.58 bits per heavy atom. The summed E-state index contributed by atoms with van der Waals surface area (Å²) in [6.45, 7) is 7.00. The summed E-state index contributed by atoms with van der Waals surface area (Å²) in [4.78, 5) is 18.0. The molecule has 1 aromatic rings. The van der Waals surface area contributed by atoms with E-state index in [-0.39, 0.29) is 5.91 Å². The molecule has 0 unspecified atom stereocenters. The molecule has 0 aliphatic rings. The number of amides is 1. The molecule has 104 valence electrons. The molecule has 1 rings (SSSR count). The summed E-state index contributed by atoms with van der Waals surface area (Å²) < 4.78 is 0. The lowest BCUT2D eigenvalue weighted by Crippen LogP contribution is -2.35. The van der Waals surface area contributed by atoms with Crippen LogP contribution in [0.2, 0.25) is 0 Å². The molecule has 1 amide bonds. The standard InChI is InChI=1S/C15H23N3O/c1-4-9-17-15(19)8-11-18(3)13(2)12-14-7-5-6-10-16-14/h4-7,10,13H,1,8-9,11-12H2,2-3H3,(H,17,19)/t13-/m1/s1. The number of nitrogens with one attached hydrogen (secondary N) is 1. The van der Waals surface area contributed by atoms with Gasteiger partial charge in [0.15, 0.2) is 0 Å². The van der Waals surface area contributed by atoms with Crippen LogP contribution in [0, 0.1) is 0 Å². The predicted molar refractivity (Wildman–Crippen MR) is 77.9 cm³/mol. The topological polar surface area (TPSA) is 45.2 Å². The van der Waals surface area contributed by atoms with Crippen LogP contribution in [0.5, 0.6) is 0 Å². The number of carbonyl (C=O) groups is 1. The first-order valence-electron chi connectivity index (χ1n) is 6.61. The number of aromatic nitrogens is 1.